The summed E-state index contributed by atoms with van der Waals surface area (Å²) in [6, 6.07) is 15.3. The first kappa shape index (κ1) is 17.5. The zero-order chi connectivity index (χ0) is 20.6. The van der Waals surface area contributed by atoms with Crippen LogP contribution in [0.25, 0.3) is 0 Å². The van der Waals surface area contributed by atoms with Gasteiger partial charge in [-0.3, -0.25) is 9.59 Å². The highest BCUT2D eigenvalue weighted by Crippen LogP contribution is 2.58. The lowest BCUT2D eigenvalue weighted by Crippen LogP contribution is -2.45. The van der Waals surface area contributed by atoms with Gasteiger partial charge in [-0.2, -0.15) is 0 Å². The van der Waals surface area contributed by atoms with E-state index in [1.54, 1.807) is 10.0 Å². The zero-order valence-electron chi connectivity index (χ0n) is 15.6. The number of nitrogens with zero attached hydrogens (tertiary/aromatic N) is 2. The molecule has 8 nitrogen and oxygen atoms in total. The van der Waals surface area contributed by atoms with Crippen LogP contribution in [0.4, 0.5) is 0 Å². The first-order valence-corrected chi connectivity index (χ1v) is 9.75. The van der Waals surface area contributed by atoms with Crippen molar-refractivity contribution in [3.63, 3.8) is 0 Å². The fourth-order valence-corrected chi connectivity index (χ4v) is 5.42. The predicted molar refractivity (Wildman–Crippen MR) is 98.8 cm³/mol. The lowest BCUT2D eigenvalue weighted by molar-refractivity contribution is -0.167. The van der Waals surface area contributed by atoms with Gasteiger partial charge in [0.25, 0.3) is 0 Å². The molecular weight excluding hydrogens is 388 g/mol. The Morgan fingerprint density at radius 3 is 1.23 bits per heavy atom. The van der Waals surface area contributed by atoms with Crippen molar-refractivity contribution in [2.75, 3.05) is 0 Å². The lowest BCUT2D eigenvalue weighted by atomic mass is 9.84. The van der Waals surface area contributed by atoms with E-state index in [-0.39, 0.29) is 0 Å². The van der Waals surface area contributed by atoms with Gasteiger partial charge in [-0.1, -0.05) is 60.7 Å². The van der Waals surface area contributed by atoms with Gasteiger partial charge in [-0.15, -0.1) is 0 Å². The molecule has 150 valence electrons. The third-order valence-corrected chi connectivity index (χ3v) is 6.48. The molecule has 6 atom stereocenters. The quantitative estimate of drug-likeness (QED) is 0.544. The molecule has 0 N–H and O–H groups in total. The number of ether oxygens (including phenoxy) is 2. The van der Waals surface area contributed by atoms with Crippen molar-refractivity contribution in [2.45, 2.75) is 24.2 Å². The third-order valence-electron chi connectivity index (χ3n) is 6.48. The van der Waals surface area contributed by atoms with Gasteiger partial charge in [0.1, 0.15) is 23.9 Å². The van der Waals surface area contributed by atoms with Crippen molar-refractivity contribution < 1.29 is 28.7 Å². The Morgan fingerprint density at radius 2 is 0.867 bits per heavy atom. The number of fused-ring (bicyclic) bond motifs is 5. The fraction of sp³-hybridized carbons (Fsp3) is 0.273. The number of hydrogen-bond acceptors (Lipinski definition) is 8. The Labute approximate surface area is 170 Å². The lowest BCUT2D eigenvalue weighted by Gasteiger charge is -2.33. The van der Waals surface area contributed by atoms with Crippen LogP contribution in [0, 0.1) is 11.8 Å². The van der Waals surface area contributed by atoms with Crippen LogP contribution in [-0.2, 0) is 28.7 Å². The maximum Gasteiger partial charge on any atom is 0.333 e. The van der Waals surface area contributed by atoms with E-state index < -0.39 is 59.9 Å². The SMILES string of the molecule is O=C1OC(=O)[C@@H]2[C@@H]1[C@@H](c1ccccc1)N1[C@@H]3C(=O)OC(=O)[C@H]3[C@H](c3ccccc3)N21. The molecule has 30 heavy (non-hydrogen) atoms. The molecule has 4 aliphatic rings. The summed E-state index contributed by atoms with van der Waals surface area (Å²) in [5.41, 5.74) is 1.53. The molecule has 0 radical (unpaired) electrons. The highest BCUT2D eigenvalue weighted by molar-refractivity contribution is 6.02. The van der Waals surface area contributed by atoms with Crippen LogP contribution in [0.3, 0.4) is 0 Å². The van der Waals surface area contributed by atoms with Crippen molar-refractivity contribution in [3.8, 4) is 0 Å². The molecule has 0 amide bonds. The van der Waals surface area contributed by atoms with Gasteiger partial charge in [0.15, 0.2) is 0 Å². The number of hydrogen-bond donors (Lipinski definition) is 0. The number of esters is 4. The van der Waals surface area contributed by atoms with Crippen LogP contribution in [0.5, 0.6) is 0 Å². The van der Waals surface area contributed by atoms with E-state index in [9.17, 15) is 19.2 Å². The van der Waals surface area contributed by atoms with E-state index >= 15 is 0 Å². The molecule has 4 heterocycles. The molecule has 2 aromatic carbocycles. The van der Waals surface area contributed by atoms with E-state index in [1.165, 1.54) is 0 Å². The number of carbonyl (C=O) groups is 4. The van der Waals surface area contributed by atoms with Crippen LogP contribution < -0.4 is 0 Å². The molecule has 8 heteroatoms. The Bertz CT molecular complexity index is 1000. The highest BCUT2D eigenvalue weighted by Gasteiger charge is 2.72. The van der Waals surface area contributed by atoms with Crippen molar-refractivity contribution in [1.82, 2.24) is 10.0 Å². The first-order chi connectivity index (χ1) is 14.6. The summed E-state index contributed by atoms with van der Waals surface area (Å²) in [6.45, 7) is 0. The monoisotopic (exact) mass is 404 g/mol. The summed E-state index contributed by atoms with van der Waals surface area (Å²) in [4.78, 5) is 50.8. The molecule has 4 aliphatic heterocycles. The van der Waals surface area contributed by atoms with E-state index in [1.807, 2.05) is 60.7 Å². The molecule has 0 unspecified atom stereocenters. The summed E-state index contributed by atoms with van der Waals surface area (Å²) < 4.78 is 10.0. The second kappa shape index (κ2) is 6.07. The average molecular weight is 404 g/mol. The van der Waals surface area contributed by atoms with Crippen LogP contribution in [0.2, 0.25) is 0 Å². The Morgan fingerprint density at radius 1 is 0.500 bits per heavy atom. The van der Waals surface area contributed by atoms with E-state index in [2.05, 4.69) is 0 Å². The van der Waals surface area contributed by atoms with E-state index in [4.69, 9.17) is 9.47 Å². The van der Waals surface area contributed by atoms with Crippen molar-refractivity contribution in [2.24, 2.45) is 11.8 Å². The molecule has 2 aromatic rings. The molecule has 4 saturated heterocycles. The van der Waals surface area contributed by atoms with Crippen LogP contribution in [0.15, 0.2) is 60.7 Å². The van der Waals surface area contributed by atoms with E-state index in [0.29, 0.717) is 0 Å². The van der Waals surface area contributed by atoms with Crippen molar-refractivity contribution in [1.29, 1.82) is 0 Å². The molecule has 0 aliphatic carbocycles. The normalized spacial score (nSPS) is 35.2. The van der Waals surface area contributed by atoms with Gasteiger partial charge >= 0.3 is 23.9 Å². The van der Waals surface area contributed by atoms with Crippen LogP contribution in [0.1, 0.15) is 23.2 Å². The average Bonchev–Trinajstić information content (AvgIpc) is 3.43. The van der Waals surface area contributed by atoms with Gasteiger partial charge in [0.2, 0.25) is 0 Å². The minimum Gasteiger partial charge on any atom is -0.392 e. The maximum atomic E-state index is 12.7. The summed E-state index contributed by atoms with van der Waals surface area (Å²) >= 11 is 0. The predicted octanol–water partition coefficient (Wildman–Crippen LogP) is 1.15. The minimum absolute atomic E-state index is 0.616. The van der Waals surface area contributed by atoms with Gasteiger partial charge in [-0.05, 0) is 11.1 Å². The molecule has 0 saturated carbocycles. The molecule has 0 bridgehead atoms. The Hall–Kier alpha value is -3.36. The molecule has 6 rings (SSSR count). The second-order valence-electron chi connectivity index (χ2n) is 7.89. The number of rotatable bonds is 2. The van der Waals surface area contributed by atoms with Crippen molar-refractivity contribution >= 4 is 23.9 Å². The second-order valence-corrected chi connectivity index (χ2v) is 7.89. The Balaban J connectivity index is 1.58. The largest absolute Gasteiger partial charge is 0.392 e. The first-order valence-electron chi connectivity index (χ1n) is 9.75. The minimum atomic E-state index is -0.904. The van der Waals surface area contributed by atoms with Gasteiger partial charge in [-0.25, -0.2) is 19.6 Å². The standard InChI is InChI=1S/C22H16N2O6/c25-19-13-15(11-7-3-1-4-8-11)23-18-14(20(26)30-22(18)28)16(12-9-5-2-6-10-12)24(23)17(13)21(27)29-19/h1-10,13-18H/t13-,14-,15-,16+,17-,18-/m0/s1. The zero-order valence-corrected chi connectivity index (χ0v) is 15.6. The maximum absolute atomic E-state index is 12.7. The van der Waals surface area contributed by atoms with Crippen molar-refractivity contribution in [3.05, 3.63) is 71.8 Å². The fourth-order valence-electron chi connectivity index (χ4n) is 5.42. The molecule has 0 spiro atoms. The Kier molecular flexibility index (Phi) is 3.54. The third kappa shape index (κ3) is 2.12. The summed E-state index contributed by atoms with van der Waals surface area (Å²) in [5.74, 6) is -4.14. The molecular formula is C22H16N2O6. The van der Waals surface area contributed by atoms with Gasteiger partial charge in [0.05, 0.1) is 12.1 Å². The topological polar surface area (TPSA) is 93.2 Å². The van der Waals surface area contributed by atoms with Crippen LogP contribution in [-0.4, -0.2) is 46.0 Å². The molecule has 0 aromatic heterocycles. The number of carbonyl (C=O) groups excluding carboxylic acids is 4. The number of cyclic esters (lactones) is 4. The smallest absolute Gasteiger partial charge is 0.333 e. The van der Waals surface area contributed by atoms with Crippen LogP contribution >= 0.6 is 0 Å². The summed E-state index contributed by atoms with van der Waals surface area (Å²) in [5, 5.41) is 3.44. The summed E-state index contributed by atoms with van der Waals surface area (Å²) in [7, 11) is 0. The van der Waals surface area contributed by atoms with E-state index in [0.717, 1.165) is 11.1 Å². The van der Waals surface area contributed by atoms with Gasteiger partial charge in [0, 0.05) is 0 Å². The molecule has 4 fully saturated rings. The number of hydrazine groups is 1. The number of benzene rings is 2. The highest BCUT2D eigenvalue weighted by atomic mass is 16.6. The van der Waals surface area contributed by atoms with Gasteiger partial charge < -0.3 is 9.47 Å². The summed E-state index contributed by atoms with van der Waals surface area (Å²) in [6.07, 6.45) is 0.